The van der Waals surface area contributed by atoms with Gasteiger partial charge in [-0.25, -0.2) is 9.59 Å². The summed E-state index contributed by atoms with van der Waals surface area (Å²) in [6.45, 7) is 3.39. The molecule has 3 aliphatic heterocycles. The summed E-state index contributed by atoms with van der Waals surface area (Å²) in [6, 6.07) is 0.222. The Morgan fingerprint density at radius 1 is 1.19 bits per heavy atom. The lowest BCUT2D eigenvalue weighted by Crippen LogP contribution is -2.52. The van der Waals surface area contributed by atoms with Crippen LogP contribution in [0.25, 0.3) is 0 Å². The number of thioether (sulfide) groups is 1. The van der Waals surface area contributed by atoms with Crippen molar-refractivity contribution in [1.82, 2.24) is 14.7 Å². The number of carbonyl (C=O) groups excluding carboxylic acids is 1. The van der Waals surface area contributed by atoms with E-state index in [0.717, 1.165) is 25.9 Å². The number of aliphatic carboxylic acids is 1. The van der Waals surface area contributed by atoms with Crippen molar-refractivity contribution in [2.24, 2.45) is 0 Å². The predicted molar refractivity (Wildman–Crippen MR) is 81.3 cm³/mol. The number of nitrogens with zero attached hydrogens (tertiary/aromatic N) is 3. The van der Waals surface area contributed by atoms with Gasteiger partial charge in [0.2, 0.25) is 0 Å². The largest absolute Gasteiger partial charge is 0.480 e. The molecule has 118 valence electrons. The maximum absolute atomic E-state index is 12.8. The van der Waals surface area contributed by atoms with Gasteiger partial charge in [0.1, 0.15) is 6.04 Å². The molecule has 0 saturated carbocycles. The molecule has 0 aliphatic carbocycles. The molecule has 21 heavy (non-hydrogen) atoms. The van der Waals surface area contributed by atoms with Crippen LogP contribution >= 0.6 is 11.8 Å². The highest BCUT2D eigenvalue weighted by Crippen LogP contribution is 2.32. The minimum atomic E-state index is -0.895. The quantitative estimate of drug-likeness (QED) is 0.786. The number of amides is 2. The average molecular weight is 313 g/mol. The number of carboxylic acid groups (broad SMARTS) is 1. The minimum absolute atomic E-state index is 0.0585. The second kappa shape index (κ2) is 5.68. The molecule has 0 radical (unpaired) electrons. The highest BCUT2D eigenvalue weighted by molar-refractivity contribution is 8.00. The van der Waals surface area contributed by atoms with E-state index in [1.807, 2.05) is 11.8 Å². The molecule has 3 saturated heterocycles. The van der Waals surface area contributed by atoms with Gasteiger partial charge in [-0.1, -0.05) is 0 Å². The molecule has 1 N–H and O–H groups in total. The van der Waals surface area contributed by atoms with Crippen LogP contribution in [0.3, 0.4) is 0 Å². The van der Waals surface area contributed by atoms with Crippen molar-refractivity contribution in [2.45, 2.75) is 49.7 Å². The van der Waals surface area contributed by atoms with Crippen LogP contribution in [0.4, 0.5) is 4.79 Å². The third-order valence-electron chi connectivity index (χ3n) is 5.15. The number of hydrogen-bond acceptors (Lipinski definition) is 4. The molecule has 2 bridgehead atoms. The molecule has 6 nitrogen and oxygen atoms in total. The van der Waals surface area contributed by atoms with Gasteiger partial charge in [0.05, 0.1) is 5.37 Å². The van der Waals surface area contributed by atoms with Crippen molar-refractivity contribution in [1.29, 1.82) is 0 Å². The lowest BCUT2D eigenvalue weighted by Gasteiger charge is -2.33. The zero-order valence-corrected chi connectivity index (χ0v) is 13.4. The summed E-state index contributed by atoms with van der Waals surface area (Å²) >= 11 is 1.54. The van der Waals surface area contributed by atoms with Gasteiger partial charge in [-0.3, -0.25) is 9.80 Å². The SMILES string of the molecule is CC1SCC(C(=O)O)N1C(=O)N1CCC2CCC(C1)N2C. The number of rotatable bonds is 1. The number of carboxylic acids is 1. The van der Waals surface area contributed by atoms with E-state index in [2.05, 4.69) is 11.9 Å². The number of likely N-dealkylation sites (tertiary alicyclic amines) is 1. The van der Waals surface area contributed by atoms with Crippen molar-refractivity contribution in [3.63, 3.8) is 0 Å². The molecule has 4 unspecified atom stereocenters. The van der Waals surface area contributed by atoms with Crippen LogP contribution < -0.4 is 0 Å². The summed E-state index contributed by atoms with van der Waals surface area (Å²) in [4.78, 5) is 30.0. The molecule has 0 aromatic rings. The Bertz CT molecular complexity index is 447. The van der Waals surface area contributed by atoms with E-state index >= 15 is 0 Å². The van der Waals surface area contributed by atoms with Crippen LogP contribution in [0.5, 0.6) is 0 Å². The third-order valence-corrected chi connectivity index (χ3v) is 6.37. The standard InChI is InChI=1S/C14H23N3O3S/c1-9-17(12(8-21-9)13(18)19)14(20)16-6-5-10-3-4-11(7-16)15(10)2/h9-12H,3-8H2,1-2H3,(H,18,19). The zero-order valence-electron chi connectivity index (χ0n) is 12.6. The molecule has 3 rings (SSSR count). The first-order chi connectivity index (χ1) is 9.99. The number of likely N-dealkylation sites (N-methyl/N-ethyl adjacent to an activating group) is 1. The summed E-state index contributed by atoms with van der Waals surface area (Å²) in [5.41, 5.74) is 0. The second-order valence-electron chi connectivity index (χ2n) is 6.26. The van der Waals surface area contributed by atoms with Gasteiger partial charge >= 0.3 is 12.0 Å². The predicted octanol–water partition coefficient (Wildman–Crippen LogP) is 1.12. The smallest absolute Gasteiger partial charge is 0.327 e. The molecule has 0 aromatic heterocycles. The normalized spacial score (nSPS) is 36.9. The van der Waals surface area contributed by atoms with E-state index in [9.17, 15) is 14.7 Å². The number of urea groups is 1. The van der Waals surface area contributed by atoms with Crippen molar-refractivity contribution in [3.05, 3.63) is 0 Å². The summed E-state index contributed by atoms with van der Waals surface area (Å²) in [5.74, 6) is -0.407. The first-order valence-corrected chi connectivity index (χ1v) is 8.67. The Labute approximate surface area is 129 Å². The Kier molecular flexibility index (Phi) is 4.05. The van der Waals surface area contributed by atoms with Crippen LogP contribution in [-0.4, -0.2) is 81.2 Å². The monoisotopic (exact) mass is 313 g/mol. The van der Waals surface area contributed by atoms with Gasteiger partial charge in [0, 0.05) is 30.9 Å². The molecular weight excluding hydrogens is 290 g/mol. The van der Waals surface area contributed by atoms with E-state index in [1.54, 1.807) is 16.7 Å². The summed E-state index contributed by atoms with van der Waals surface area (Å²) in [7, 11) is 2.14. The van der Waals surface area contributed by atoms with Crippen molar-refractivity contribution >= 4 is 23.8 Å². The topological polar surface area (TPSA) is 64.1 Å². The summed E-state index contributed by atoms with van der Waals surface area (Å²) in [6.07, 6.45) is 3.35. The van der Waals surface area contributed by atoms with Gasteiger partial charge < -0.3 is 10.0 Å². The maximum Gasteiger partial charge on any atom is 0.327 e. The molecule has 0 spiro atoms. The Morgan fingerprint density at radius 3 is 2.62 bits per heavy atom. The molecular formula is C14H23N3O3S. The van der Waals surface area contributed by atoms with Gasteiger partial charge in [0.25, 0.3) is 0 Å². The van der Waals surface area contributed by atoms with E-state index in [0.29, 0.717) is 17.8 Å². The van der Waals surface area contributed by atoms with Crippen molar-refractivity contribution in [3.8, 4) is 0 Å². The Balaban J connectivity index is 1.74. The van der Waals surface area contributed by atoms with Crippen LogP contribution in [0, 0.1) is 0 Å². The number of carbonyl (C=O) groups is 2. The van der Waals surface area contributed by atoms with Gasteiger partial charge in [-0.2, -0.15) is 0 Å². The molecule has 3 aliphatic rings. The zero-order chi connectivity index (χ0) is 15.1. The van der Waals surface area contributed by atoms with E-state index in [1.165, 1.54) is 6.42 Å². The van der Waals surface area contributed by atoms with E-state index in [-0.39, 0.29) is 11.4 Å². The highest BCUT2D eigenvalue weighted by Gasteiger charge is 2.43. The second-order valence-corrected chi connectivity index (χ2v) is 7.61. The van der Waals surface area contributed by atoms with Gasteiger partial charge in [0.15, 0.2) is 0 Å². The fourth-order valence-corrected chi connectivity index (χ4v) is 4.93. The fourth-order valence-electron chi connectivity index (χ4n) is 3.77. The average Bonchev–Trinajstić information content (AvgIpc) is 2.90. The van der Waals surface area contributed by atoms with Crippen LogP contribution in [0.1, 0.15) is 26.2 Å². The number of hydrogen-bond donors (Lipinski definition) is 1. The molecule has 0 aromatic carbocycles. The Morgan fingerprint density at radius 2 is 1.90 bits per heavy atom. The first kappa shape index (κ1) is 15.0. The lowest BCUT2D eigenvalue weighted by atomic mass is 10.1. The summed E-state index contributed by atoms with van der Waals surface area (Å²) < 4.78 is 0. The highest BCUT2D eigenvalue weighted by atomic mass is 32.2. The van der Waals surface area contributed by atoms with Crippen LogP contribution in [0.2, 0.25) is 0 Å². The third kappa shape index (κ3) is 2.61. The fraction of sp³-hybridized carbons (Fsp3) is 0.857. The van der Waals surface area contributed by atoms with Crippen LogP contribution in [-0.2, 0) is 4.79 Å². The summed E-state index contributed by atoms with van der Waals surface area (Å²) in [5, 5.41) is 9.26. The van der Waals surface area contributed by atoms with Crippen LogP contribution in [0.15, 0.2) is 0 Å². The molecule has 2 amide bonds. The van der Waals surface area contributed by atoms with E-state index < -0.39 is 12.0 Å². The van der Waals surface area contributed by atoms with Gasteiger partial charge in [-0.05, 0) is 33.2 Å². The number of fused-ring (bicyclic) bond motifs is 2. The lowest BCUT2D eigenvalue weighted by molar-refractivity contribution is -0.141. The molecule has 3 heterocycles. The minimum Gasteiger partial charge on any atom is -0.480 e. The molecule has 3 fully saturated rings. The van der Waals surface area contributed by atoms with Crippen molar-refractivity contribution in [2.75, 3.05) is 25.9 Å². The first-order valence-electron chi connectivity index (χ1n) is 7.62. The van der Waals surface area contributed by atoms with E-state index in [4.69, 9.17) is 0 Å². The van der Waals surface area contributed by atoms with Gasteiger partial charge in [-0.15, -0.1) is 11.8 Å². The molecule has 4 atom stereocenters. The maximum atomic E-state index is 12.8. The van der Waals surface area contributed by atoms with Crippen molar-refractivity contribution < 1.29 is 14.7 Å². The molecule has 7 heteroatoms. The Hall–Kier alpha value is -0.950.